The van der Waals surface area contributed by atoms with E-state index in [1.807, 2.05) is 0 Å². The molecule has 2 rings (SSSR count). The zero-order chi connectivity index (χ0) is 16.1. The lowest BCUT2D eigenvalue weighted by Crippen LogP contribution is -2.10. The maximum absolute atomic E-state index is 13.7. The first-order valence-corrected chi connectivity index (χ1v) is 6.63. The molecule has 0 aliphatic carbocycles. The van der Waals surface area contributed by atoms with Gasteiger partial charge >= 0.3 is 0 Å². The highest BCUT2D eigenvalue weighted by molar-refractivity contribution is 5.92. The molecule has 0 aromatic heterocycles. The maximum Gasteiger partial charge on any atom is 0.221 e. The van der Waals surface area contributed by atoms with Gasteiger partial charge < -0.3 is 15.4 Å². The van der Waals surface area contributed by atoms with Crippen LogP contribution in [0.5, 0.6) is 5.75 Å². The summed E-state index contributed by atoms with van der Waals surface area (Å²) in [5, 5.41) is 5.64. The molecule has 116 valence electrons. The van der Waals surface area contributed by atoms with Crippen LogP contribution in [0.2, 0.25) is 0 Å². The molecule has 2 aromatic carbocycles. The Kier molecular flexibility index (Phi) is 4.93. The largest absolute Gasteiger partial charge is 0.497 e. The molecule has 0 atom stereocenters. The second kappa shape index (κ2) is 6.89. The lowest BCUT2D eigenvalue weighted by Gasteiger charge is -2.14. The van der Waals surface area contributed by atoms with Crippen molar-refractivity contribution in [3.63, 3.8) is 0 Å². The van der Waals surface area contributed by atoms with Gasteiger partial charge in [0.2, 0.25) is 5.91 Å². The molecule has 0 fully saturated rings. The van der Waals surface area contributed by atoms with E-state index in [2.05, 4.69) is 10.6 Å². The Labute approximate surface area is 127 Å². The molecule has 0 spiro atoms. The van der Waals surface area contributed by atoms with Crippen LogP contribution >= 0.6 is 0 Å². The van der Waals surface area contributed by atoms with E-state index in [-0.39, 0.29) is 18.0 Å². The molecular formula is C16H16F2N2O2. The first kappa shape index (κ1) is 15.8. The number of carbonyl (C=O) groups is 1. The predicted octanol–water partition coefficient (Wildman–Crippen LogP) is 3.54. The van der Waals surface area contributed by atoms with Crippen LogP contribution in [0.1, 0.15) is 12.5 Å². The summed E-state index contributed by atoms with van der Waals surface area (Å²) in [6, 6.07) is 9.03. The van der Waals surface area contributed by atoms with Gasteiger partial charge in [-0.3, -0.25) is 4.79 Å². The van der Waals surface area contributed by atoms with E-state index in [1.54, 1.807) is 18.2 Å². The Morgan fingerprint density at radius 2 is 1.95 bits per heavy atom. The molecule has 0 unspecified atom stereocenters. The number of carbonyl (C=O) groups excluding carboxylic acids is 1. The van der Waals surface area contributed by atoms with E-state index in [0.29, 0.717) is 17.1 Å². The smallest absolute Gasteiger partial charge is 0.221 e. The number of benzene rings is 2. The fourth-order valence-corrected chi connectivity index (χ4v) is 1.97. The summed E-state index contributed by atoms with van der Waals surface area (Å²) in [6.07, 6.45) is 0. The number of nitrogens with one attached hydrogen (secondary N) is 2. The highest BCUT2D eigenvalue weighted by atomic mass is 19.2. The average molecular weight is 306 g/mol. The fourth-order valence-electron chi connectivity index (χ4n) is 1.97. The molecule has 4 nitrogen and oxygen atoms in total. The molecule has 0 radical (unpaired) electrons. The van der Waals surface area contributed by atoms with E-state index in [1.165, 1.54) is 26.2 Å². The summed E-state index contributed by atoms with van der Waals surface area (Å²) < 4.78 is 32.0. The Hall–Kier alpha value is -2.63. The molecule has 2 aromatic rings. The molecule has 0 aliphatic heterocycles. The number of hydrogen-bond acceptors (Lipinski definition) is 3. The average Bonchev–Trinajstić information content (AvgIpc) is 2.49. The van der Waals surface area contributed by atoms with Gasteiger partial charge in [-0.25, -0.2) is 8.78 Å². The Morgan fingerprint density at radius 1 is 1.18 bits per heavy atom. The van der Waals surface area contributed by atoms with Gasteiger partial charge in [0.05, 0.1) is 18.5 Å². The highest BCUT2D eigenvalue weighted by Crippen LogP contribution is 2.28. The molecule has 0 heterocycles. The van der Waals surface area contributed by atoms with E-state index >= 15 is 0 Å². The topological polar surface area (TPSA) is 50.4 Å². The quantitative estimate of drug-likeness (QED) is 0.888. The summed E-state index contributed by atoms with van der Waals surface area (Å²) in [5.74, 6) is -1.44. The summed E-state index contributed by atoms with van der Waals surface area (Å²) in [5.41, 5.74) is 1.28. The normalized spacial score (nSPS) is 10.2. The van der Waals surface area contributed by atoms with Crippen molar-refractivity contribution in [3.05, 3.63) is 53.6 Å². The van der Waals surface area contributed by atoms with Crippen molar-refractivity contribution in [1.82, 2.24) is 0 Å². The van der Waals surface area contributed by atoms with Gasteiger partial charge in [0.15, 0.2) is 11.6 Å². The highest BCUT2D eigenvalue weighted by Gasteiger charge is 2.10. The Balaban J connectivity index is 2.23. The second-order valence-electron chi connectivity index (χ2n) is 4.66. The number of hydrogen-bond donors (Lipinski definition) is 2. The monoisotopic (exact) mass is 306 g/mol. The van der Waals surface area contributed by atoms with Crippen LogP contribution in [0, 0.1) is 11.6 Å². The van der Waals surface area contributed by atoms with Crippen LogP contribution in [0.25, 0.3) is 0 Å². The van der Waals surface area contributed by atoms with Gasteiger partial charge in [0.1, 0.15) is 5.75 Å². The van der Waals surface area contributed by atoms with Crippen molar-refractivity contribution >= 4 is 17.3 Å². The molecule has 22 heavy (non-hydrogen) atoms. The van der Waals surface area contributed by atoms with Gasteiger partial charge in [-0.05, 0) is 18.2 Å². The van der Waals surface area contributed by atoms with E-state index in [0.717, 1.165) is 6.07 Å². The van der Waals surface area contributed by atoms with Crippen molar-refractivity contribution in [1.29, 1.82) is 0 Å². The van der Waals surface area contributed by atoms with Crippen LogP contribution in [0.15, 0.2) is 36.4 Å². The molecule has 2 N–H and O–H groups in total. The third-order valence-electron chi connectivity index (χ3n) is 3.04. The predicted molar refractivity (Wildman–Crippen MR) is 81.0 cm³/mol. The number of anilines is 2. The van der Waals surface area contributed by atoms with Gasteiger partial charge in [0.25, 0.3) is 0 Å². The first-order chi connectivity index (χ1) is 10.5. The minimum Gasteiger partial charge on any atom is -0.497 e. The second-order valence-corrected chi connectivity index (χ2v) is 4.66. The van der Waals surface area contributed by atoms with E-state index in [9.17, 15) is 13.6 Å². The standard InChI is InChI=1S/C16H16F2N2O2/c1-10(21)20-14-7-6-12(22-2)8-15(14)19-9-11-4-3-5-13(17)16(11)18/h3-8,19H,9H2,1-2H3,(H,20,21). The number of methoxy groups -OCH3 is 1. The lowest BCUT2D eigenvalue weighted by atomic mass is 10.2. The van der Waals surface area contributed by atoms with Crippen molar-refractivity contribution in [2.75, 3.05) is 17.7 Å². The van der Waals surface area contributed by atoms with E-state index in [4.69, 9.17) is 4.74 Å². The minimum atomic E-state index is -0.896. The third kappa shape index (κ3) is 3.72. The maximum atomic E-state index is 13.7. The summed E-state index contributed by atoms with van der Waals surface area (Å²) in [6.45, 7) is 1.46. The molecule has 6 heteroatoms. The van der Waals surface area contributed by atoms with Crippen LogP contribution in [-0.2, 0) is 11.3 Å². The van der Waals surface area contributed by atoms with Crippen molar-refractivity contribution in [3.8, 4) is 5.75 Å². The summed E-state index contributed by atoms with van der Waals surface area (Å²) >= 11 is 0. The first-order valence-electron chi connectivity index (χ1n) is 6.63. The van der Waals surface area contributed by atoms with E-state index < -0.39 is 11.6 Å². The molecule has 0 saturated heterocycles. The SMILES string of the molecule is COc1ccc(NC(C)=O)c(NCc2cccc(F)c2F)c1. The molecule has 0 aliphatic rings. The zero-order valence-corrected chi connectivity index (χ0v) is 12.2. The number of ether oxygens (including phenoxy) is 1. The van der Waals surface area contributed by atoms with Gasteiger partial charge in [-0.1, -0.05) is 12.1 Å². The molecular weight excluding hydrogens is 290 g/mol. The molecule has 0 bridgehead atoms. The Morgan fingerprint density at radius 3 is 2.64 bits per heavy atom. The van der Waals surface area contributed by atoms with Crippen LogP contribution in [-0.4, -0.2) is 13.0 Å². The van der Waals surface area contributed by atoms with Crippen molar-refractivity contribution in [2.24, 2.45) is 0 Å². The number of amides is 1. The van der Waals surface area contributed by atoms with Crippen molar-refractivity contribution < 1.29 is 18.3 Å². The van der Waals surface area contributed by atoms with Gasteiger partial charge in [0, 0.05) is 25.1 Å². The molecule has 1 amide bonds. The number of rotatable bonds is 5. The van der Waals surface area contributed by atoms with Crippen LogP contribution in [0.3, 0.4) is 0 Å². The third-order valence-corrected chi connectivity index (χ3v) is 3.04. The van der Waals surface area contributed by atoms with Crippen molar-refractivity contribution in [2.45, 2.75) is 13.5 Å². The lowest BCUT2D eigenvalue weighted by molar-refractivity contribution is -0.114. The summed E-state index contributed by atoms with van der Waals surface area (Å²) in [7, 11) is 1.52. The van der Waals surface area contributed by atoms with Crippen LogP contribution in [0.4, 0.5) is 20.2 Å². The van der Waals surface area contributed by atoms with Crippen LogP contribution < -0.4 is 15.4 Å². The number of halogens is 2. The summed E-state index contributed by atoms with van der Waals surface area (Å²) in [4.78, 5) is 11.2. The van der Waals surface area contributed by atoms with Gasteiger partial charge in [-0.2, -0.15) is 0 Å². The minimum absolute atomic E-state index is 0.0728. The van der Waals surface area contributed by atoms with Gasteiger partial charge in [-0.15, -0.1) is 0 Å². The fraction of sp³-hybridized carbons (Fsp3) is 0.188. The zero-order valence-electron chi connectivity index (χ0n) is 12.2. The molecule has 0 saturated carbocycles. The Bertz CT molecular complexity index is 690.